The molecule has 1 aliphatic heterocycles. The van der Waals surface area contributed by atoms with Gasteiger partial charge in [0.25, 0.3) is 0 Å². The van der Waals surface area contributed by atoms with Crippen molar-refractivity contribution in [3.8, 4) is 11.8 Å². The molecule has 1 fully saturated rings. The second-order valence-corrected chi connectivity index (χ2v) is 4.94. The average Bonchev–Trinajstić information content (AvgIpc) is 2.90. The second kappa shape index (κ2) is 7.62. The lowest BCUT2D eigenvalue weighted by atomic mass is 10.0. The Morgan fingerprint density at radius 2 is 2.38 bits per heavy atom. The van der Waals surface area contributed by atoms with Crippen LogP contribution in [-0.2, 0) is 9.53 Å². The molecule has 112 valence electrons. The maximum absolute atomic E-state index is 12.1. The minimum absolute atomic E-state index is 0.137. The van der Waals surface area contributed by atoms with Crippen LogP contribution in [0, 0.1) is 17.2 Å². The van der Waals surface area contributed by atoms with E-state index in [4.69, 9.17) is 20.5 Å². The van der Waals surface area contributed by atoms with E-state index in [-0.39, 0.29) is 17.9 Å². The Kier molecular flexibility index (Phi) is 5.55. The Bertz CT molecular complexity index is 527. The highest BCUT2D eigenvalue weighted by Crippen LogP contribution is 2.20. The molecular formula is C15H19N3O3. The quantitative estimate of drug-likeness (QED) is 0.769. The van der Waals surface area contributed by atoms with Crippen molar-refractivity contribution in [3.05, 3.63) is 24.3 Å². The van der Waals surface area contributed by atoms with Gasteiger partial charge in [0.15, 0.2) is 0 Å². The largest absolute Gasteiger partial charge is 0.493 e. The molecule has 0 saturated carbocycles. The van der Waals surface area contributed by atoms with Gasteiger partial charge in [-0.25, -0.2) is 0 Å². The number of hydrogen-bond donors (Lipinski definition) is 2. The van der Waals surface area contributed by atoms with Crippen LogP contribution in [0.25, 0.3) is 0 Å². The number of nitrogens with zero attached hydrogens (tertiary/aromatic N) is 1. The number of unbranched alkanes of at least 4 members (excludes halogenated alkanes) is 1. The SMILES string of the molecule is N#CCCCOc1cccc(NC(=O)C2COCC2N)c1. The number of carbonyl (C=O) groups excluding carboxylic acids is 1. The van der Waals surface area contributed by atoms with Crippen LogP contribution < -0.4 is 15.8 Å². The predicted octanol–water partition coefficient (Wildman–Crippen LogP) is 1.28. The Balaban J connectivity index is 1.88. The number of nitrogens with one attached hydrogen (secondary N) is 1. The number of benzene rings is 1. The van der Waals surface area contributed by atoms with Crippen molar-refractivity contribution in [3.63, 3.8) is 0 Å². The third-order valence-electron chi connectivity index (χ3n) is 3.26. The molecule has 0 radical (unpaired) electrons. The van der Waals surface area contributed by atoms with Crippen molar-refractivity contribution >= 4 is 11.6 Å². The maximum Gasteiger partial charge on any atom is 0.231 e. The summed E-state index contributed by atoms with van der Waals surface area (Å²) in [5, 5.41) is 11.3. The van der Waals surface area contributed by atoms with Gasteiger partial charge in [-0.1, -0.05) is 6.07 Å². The number of hydrogen-bond acceptors (Lipinski definition) is 5. The van der Waals surface area contributed by atoms with Crippen molar-refractivity contribution in [2.75, 3.05) is 25.1 Å². The molecule has 0 aliphatic carbocycles. The molecule has 2 atom stereocenters. The Morgan fingerprint density at radius 3 is 3.10 bits per heavy atom. The third-order valence-corrected chi connectivity index (χ3v) is 3.26. The summed E-state index contributed by atoms with van der Waals surface area (Å²) in [6, 6.07) is 8.98. The van der Waals surface area contributed by atoms with Crippen LogP contribution in [-0.4, -0.2) is 31.8 Å². The average molecular weight is 289 g/mol. The number of carbonyl (C=O) groups is 1. The number of rotatable bonds is 6. The van der Waals surface area contributed by atoms with Crippen molar-refractivity contribution in [1.82, 2.24) is 0 Å². The lowest BCUT2D eigenvalue weighted by Crippen LogP contribution is -2.37. The second-order valence-electron chi connectivity index (χ2n) is 4.94. The number of amides is 1. The lowest BCUT2D eigenvalue weighted by molar-refractivity contribution is -0.120. The first-order valence-electron chi connectivity index (χ1n) is 6.94. The number of ether oxygens (including phenoxy) is 2. The van der Waals surface area contributed by atoms with Gasteiger partial charge in [0.1, 0.15) is 5.75 Å². The third kappa shape index (κ3) is 4.45. The Labute approximate surface area is 123 Å². The Hall–Kier alpha value is -2.10. The molecule has 2 rings (SSSR count). The fraction of sp³-hybridized carbons (Fsp3) is 0.467. The zero-order chi connectivity index (χ0) is 15.1. The van der Waals surface area contributed by atoms with E-state index in [0.29, 0.717) is 44.1 Å². The predicted molar refractivity (Wildman–Crippen MR) is 77.7 cm³/mol. The topological polar surface area (TPSA) is 97.4 Å². The molecule has 21 heavy (non-hydrogen) atoms. The van der Waals surface area contributed by atoms with Crippen LogP contribution in [0.15, 0.2) is 24.3 Å². The van der Waals surface area contributed by atoms with Crippen LogP contribution in [0.3, 0.4) is 0 Å². The van der Waals surface area contributed by atoms with Gasteiger partial charge >= 0.3 is 0 Å². The van der Waals surface area contributed by atoms with Crippen molar-refractivity contribution in [1.29, 1.82) is 5.26 Å². The minimum atomic E-state index is -0.315. The van der Waals surface area contributed by atoms with E-state index in [0.717, 1.165) is 0 Å². The maximum atomic E-state index is 12.1. The summed E-state index contributed by atoms with van der Waals surface area (Å²) in [6.07, 6.45) is 1.15. The highest BCUT2D eigenvalue weighted by molar-refractivity contribution is 5.93. The van der Waals surface area contributed by atoms with Gasteiger partial charge < -0.3 is 20.5 Å². The normalized spacial score (nSPS) is 20.8. The first kappa shape index (κ1) is 15.3. The van der Waals surface area contributed by atoms with Gasteiger partial charge in [-0.15, -0.1) is 0 Å². The molecular weight excluding hydrogens is 270 g/mol. The lowest BCUT2D eigenvalue weighted by Gasteiger charge is -2.14. The highest BCUT2D eigenvalue weighted by atomic mass is 16.5. The van der Waals surface area contributed by atoms with Gasteiger partial charge in [-0.2, -0.15) is 5.26 Å². The number of anilines is 1. The fourth-order valence-corrected chi connectivity index (χ4v) is 2.08. The van der Waals surface area contributed by atoms with E-state index in [9.17, 15) is 4.79 Å². The summed E-state index contributed by atoms with van der Waals surface area (Å²) in [5.41, 5.74) is 6.48. The highest BCUT2D eigenvalue weighted by Gasteiger charge is 2.31. The molecule has 1 heterocycles. The van der Waals surface area contributed by atoms with E-state index < -0.39 is 0 Å². The Morgan fingerprint density at radius 1 is 1.52 bits per heavy atom. The molecule has 0 aromatic heterocycles. The van der Waals surface area contributed by atoms with Crippen molar-refractivity contribution in [2.45, 2.75) is 18.9 Å². The van der Waals surface area contributed by atoms with Crippen LogP contribution >= 0.6 is 0 Å². The summed E-state index contributed by atoms with van der Waals surface area (Å²) in [6.45, 7) is 1.25. The zero-order valence-corrected chi connectivity index (χ0v) is 11.7. The van der Waals surface area contributed by atoms with E-state index in [2.05, 4.69) is 11.4 Å². The molecule has 6 heteroatoms. The van der Waals surface area contributed by atoms with Crippen LogP contribution in [0.4, 0.5) is 5.69 Å². The molecule has 1 saturated heterocycles. The number of nitriles is 1. The standard InChI is InChI=1S/C15H19N3O3/c16-6-1-2-7-21-12-5-3-4-11(8-12)18-15(19)13-9-20-10-14(13)17/h3-5,8,13-14H,1-2,7,9-10,17H2,(H,18,19). The first-order valence-corrected chi connectivity index (χ1v) is 6.94. The molecule has 0 bridgehead atoms. The monoisotopic (exact) mass is 289 g/mol. The van der Waals surface area contributed by atoms with Gasteiger partial charge in [0.2, 0.25) is 5.91 Å². The fourth-order valence-electron chi connectivity index (χ4n) is 2.08. The molecule has 2 unspecified atom stereocenters. The first-order chi connectivity index (χ1) is 10.2. The van der Waals surface area contributed by atoms with E-state index >= 15 is 0 Å². The molecule has 0 spiro atoms. The summed E-state index contributed by atoms with van der Waals surface area (Å²) in [5.74, 6) is 0.213. The van der Waals surface area contributed by atoms with Gasteiger partial charge in [0.05, 0.1) is 31.8 Å². The van der Waals surface area contributed by atoms with Gasteiger partial charge in [-0.3, -0.25) is 4.79 Å². The smallest absolute Gasteiger partial charge is 0.231 e. The van der Waals surface area contributed by atoms with Crippen LogP contribution in [0.5, 0.6) is 5.75 Å². The van der Waals surface area contributed by atoms with Crippen molar-refractivity contribution < 1.29 is 14.3 Å². The molecule has 3 N–H and O–H groups in total. The minimum Gasteiger partial charge on any atom is -0.493 e. The van der Waals surface area contributed by atoms with E-state index in [1.54, 1.807) is 18.2 Å². The van der Waals surface area contributed by atoms with Gasteiger partial charge in [-0.05, 0) is 18.6 Å². The summed E-state index contributed by atoms with van der Waals surface area (Å²) in [7, 11) is 0. The van der Waals surface area contributed by atoms with Crippen LogP contribution in [0.1, 0.15) is 12.8 Å². The summed E-state index contributed by atoms with van der Waals surface area (Å²) in [4.78, 5) is 12.1. The van der Waals surface area contributed by atoms with Gasteiger partial charge in [0, 0.05) is 24.2 Å². The molecule has 1 amide bonds. The summed E-state index contributed by atoms with van der Waals surface area (Å²) < 4.78 is 10.7. The summed E-state index contributed by atoms with van der Waals surface area (Å²) >= 11 is 0. The molecule has 1 aliphatic rings. The number of nitrogens with two attached hydrogens (primary N) is 1. The van der Waals surface area contributed by atoms with E-state index in [1.807, 2.05) is 6.07 Å². The van der Waals surface area contributed by atoms with E-state index in [1.165, 1.54) is 0 Å². The molecule has 1 aromatic rings. The van der Waals surface area contributed by atoms with Crippen molar-refractivity contribution in [2.24, 2.45) is 11.7 Å². The molecule has 6 nitrogen and oxygen atoms in total. The van der Waals surface area contributed by atoms with Crippen LogP contribution in [0.2, 0.25) is 0 Å². The molecule has 1 aromatic carbocycles. The zero-order valence-electron chi connectivity index (χ0n) is 11.7.